The molecule has 3 atom stereocenters. The van der Waals surface area contributed by atoms with Crippen LogP contribution in [0.2, 0.25) is 0 Å². The third-order valence-electron chi connectivity index (χ3n) is 11.3. The molecule has 0 aliphatic heterocycles. The SMILES string of the molecule is CCCCCCCCCCCCCCCCCCCCCCCCCC(=O)O[C@H](COCCCCCCCCCCCCCCCC)COP(=O)(O)OC[C@@H](O)CO. The molecule has 0 spiro atoms. The molecule has 0 aromatic heterocycles. The van der Waals surface area contributed by atoms with E-state index in [1.54, 1.807) is 0 Å². The molecule has 3 N–H and O–H groups in total. The van der Waals surface area contributed by atoms with Crippen molar-refractivity contribution in [2.75, 3.05) is 33.0 Å². The van der Waals surface area contributed by atoms with E-state index in [0.717, 1.165) is 32.1 Å². The number of carbonyl (C=O) groups excluding carboxylic acids is 1. The number of unbranched alkanes of at least 4 members (excludes halogenated alkanes) is 35. The van der Waals surface area contributed by atoms with Crippen molar-refractivity contribution in [3.8, 4) is 0 Å². The maximum absolute atomic E-state index is 12.7. The molecule has 0 aromatic carbocycles. The first-order chi connectivity index (χ1) is 28.3. The summed E-state index contributed by atoms with van der Waals surface area (Å²) in [7, 11) is -4.51. The summed E-state index contributed by atoms with van der Waals surface area (Å²) in [5.74, 6) is -0.374. The molecule has 1 unspecified atom stereocenters. The number of aliphatic hydroxyl groups is 2. The zero-order chi connectivity index (χ0) is 42.5. The predicted molar refractivity (Wildman–Crippen MR) is 242 cm³/mol. The lowest BCUT2D eigenvalue weighted by molar-refractivity contribution is -0.154. The van der Waals surface area contributed by atoms with Crippen molar-refractivity contribution in [2.45, 2.75) is 270 Å². The van der Waals surface area contributed by atoms with E-state index >= 15 is 0 Å². The van der Waals surface area contributed by atoms with Crippen LogP contribution in [-0.4, -0.2) is 66.3 Å². The van der Waals surface area contributed by atoms with E-state index in [2.05, 4.69) is 13.8 Å². The molecule has 0 saturated heterocycles. The largest absolute Gasteiger partial charge is 0.472 e. The van der Waals surface area contributed by atoms with Crippen LogP contribution in [0.4, 0.5) is 0 Å². The fourth-order valence-electron chi connectivity index (χ4n) is 7.48. The Bertz CT molecular complexity index is 876. The number of ether oxygens (including phenoxy) is 2. The van der Waals surface area contributed by atoms with Crippen LogP contribution in [0, 0.1) is 0 Å². The summed E-state index contributed by atoms with van der Waals surface area (Å²) in [6, 6.07) is 0. The average Bonchev–Trinajstić information content (AvgIpc) is 3.21. The Morgan fingerprint density at radius 1 is 0.466 bits per heavy atom. The maximum Gasteiger partial charge on any atom is 0.472 e. The number of hydrogen-bond donors (Lipinski definition) is 3. The van der Waals surface area contributed by atoms with Crippen molar-refractivity contribution in [1.29, 1.82) is 0 Å². The van der Waals surface area contributed by atoms with E-state index in [1.807, 2.05) is 0 Å². The summed E-state index contributed by atoms with van der Waals surface area (Å²) < 4.78 is 33.5. The van der Waals surface area contributed by atoms with E-state index in [-0.39, 0.29) is 25.6 Å². The number of aliphatic hydroxyl groups excluding tert-OH is 2. The van der Waals surface area contributed by atoms with E-state index in [1.165, 1.54) is 205 Å². The molecule has 0 amide bonds. The molecule has 0 aliphatic carbocycles. The average molecular weight is 849 g/mol. The zero-order valence-electron chi connectivity index (χ0n) is 38.3. The van der Waals surface area contributed by atoms with Gasteiger partial charge in [-0.25, -0.2) is 4.57 Å². The maximum atomic E-state index is 12.7. The summed E-state index contributed by atoms with van der Waals surface area (Å²) in [6.45, 7) is 3.60. The van der Waals surface area contributed by atoms with Crippen molar-refractivity contribution in [3.05, 3.63) is 0 Å². The number of rotatable bonds is 49. The topological polar surface area (TPSA) is 132 Å². The molecule has 0 saturated carbocycles. The lowest BCUT2D eigenvalue weighted by Gasteiger charge is -2.20. The Labute approximate surface area is 358 Å². The number of hydrogen-bond acceptors (Lipinski definition) is 8. The van der Waals surface area contributed by atoms with Crippen molar-refractivity contribution >= 4 is 13.8 Å². The number of carbonyl (C=O) groups is 1. The smallest absolute Gasteiger partial charge is 0.457 e. The van der Waals surface area contributed by atoms with Gasteiger partial charge < -0.3 is 24.6 Å². The zero-order valence-corrected chi connectivity index (χ0v) is 39.2. The van der Waals surface area contributed by atoms with E-state index in [4.69, 9.17) is 23.6 Å². The van der Waals surface area contributed by atoms with Gasteiger partial charge in [0.05, 0.1) is 26.4 Å². The van der Waals surface area contributed by atoms with Gasteiger partial charge in [0.15, 0.2) is 0 Å². The van der Waals surface area contributed by atoms with Gasteiger partial charge in [0.2, 0.25) is 0 Å². The quantitative estimate of drug-likeness (QED) is 0.0311. The highest BCUT2D eigenvalue weighted by Crippen LogP contribution is 2.43. The molecule has 10 heteroatoms. The van der Waals surface area contributed by atoms with Crippen LogP contribution in [0.5, 0.6) is 0 Å². The Hall–Kier alpha value is -0.540. The van der Waals surface area contributed by atoms with Gasteiger partial charge >= 0.3 is 13.8 Å². The van der Waals surface area contributed by atoms with Crippen LogP contribution in [-0.2, 0) is 27.9 Å². The van der Waals surface area contributed by atoms with Gasteiger partial charge in [-0.3, -0.25) is 13.8 Å². The second-order valence-corrected chi connectivity index (χ2v) is 18.7. The summed E-state index contributed by atoms with van der Waals surface area (Å²) in [4.78, 5) is 22.7. The Kier molecular flexibility index (Phi) is 45.5. The fourth-order valence-corrected chi connectivity index (χ4v) is 8.27. The normalized spacial score (nSPS) is 13.8. The first-order valence-electron chi connectivity index (χ1n) is 25.0. The summed E-state index contributed by atoms with van der Waals surface area (Å²) in [5, 5.41) is 18.4. The highest BCUT2D eigenvalue weighted by Gasteiger charge is 2.26. The van der Waals surface area contributed by atoms with Crippen molar-refractivity contribution in [1.82, 2.24) is 0 Å². The second-order valence-electron chi connectivity index (χ2n) is 17.2. The molecule has 0 fully saturated rings. The molecule has 0 rings (SSSR count). The fraction of sp³-hybridized carbons (Fsp3) is 0.979. The number of phosphoric acid groups is 1. The molecule has 0 radical (unpaired) electrons. The van der Waals surface area contributed by atoms with Crippen LogP contribution in [0.25, 0.3) is 0 Å². The lowest BCUT2D eigenvalue weighted by atomic mass is 10.0. The van der Waals surface area contributed by atoms with Crippen molar-refractivity contribution in [2.24, 2.45) is 0 Å². The lowest BCUT2D eigenvalue weighted by Crippen LogP contribution is -2.29. The van der Waals surface area contributed by atoms with Crippen LogP contribution < -0.4 is 0 Å². The molecular formula is C48H97O9P. The first kappa shape index (κ1) is 57.5. The van der Waals surface area contributed by atoms with Gasteiger partial charge in [0.1, 0.15) is 12.2 Å². The monoisotopic (exact) mass is 849 g/mol. The Morgan fingerprint density at radius 2 is 0.776 bits per heavy atom. The second kappa shape index (κ2) is 46.0. The van der Waals surface area contributed by atoms with Gasteiger partial charge in [-0.1, -0.05) is 239 Å². The number of phosphoric ester groups is 1. The minimum absolute atomic E-state index is 0.0584. The van der Waals surface area contributed by atoms with Crippen LogP contribution >= 0.6 is 7.82 Å². The van der Waals surface area contributed by atoms with E-state index in [0.29, 0.717) is 6.61 Å². The van der Waals surface area contributed by atoms with Gasteiger partial charge in [-0.15, -0.1) is 0 Å². The highest BCUT2D eigenvalue weighted by molar-refractivity contribution is 7.47. The summed E-state index contributed by atoms with van der Waals surface area (Å²) in [6.07, 6.45) is 46.4. The number of esters is 1. The minimum atomic E-state index is -4.51. The molecule has 0 bridgehead atoms. The molecule has 9 nitrogen and oxygen atoms in total. The van der Waals surface area contributed by atoms with Crippen molar-refractivity contribution < 1.29 is 43.0 Å². The molecule has 0 heterocycles. The molecular weight excluding hydrogens is 751 g/mol. The Morgan fingerprint density at radius 3 is 1.12 bits per heavy atom. The first-order valence-corrected chi connectivity index (χ1v) is 26.5. The van der Waals surface area contributed by atoms with Gasteiger partial charge in [0.25, 0.3) is 0 Å². The van der Waals surface area contributed by atoms with Crippen LogP contribution in [0.1, 0.15) is 258 Å². The predicted octanol–water partition coefficient (Wildman–Crippen LogP) is 14.3. The van der Waals surface area contributed by atoms with Crippen LogP contribution in [0.3, 0.4) is 0 Å². The molecule has 58 heavy (non-hydrogen) atoms. The van der Waals surface area contributed by atoms with E-state index < -0.39 is 33.2 Å². The Balaban J connectivity index is 3.99. The van der Waals surface area contributed by atoms with Gasteiger partial charge in [0, 0.05) is 13.0 Å². The van der Waals surface area contributed by atoms with Gasteiger partial charge in [-0.05, 0) is 12.8 Å². The molecule has 348 valence electrons. The summed E-state index contributed by atoms with van der Waals surface area (Å²) in [5.41, 5.74) is 0. The van der Waals surface area contributed by atoms with Crippen molar-refractivity contribution in [3.63, 3.8) is 0 Å². The third-order valence-corrected chi connectivity index (χ3v) is 12.2. The highest BCUT2D eigenvalue weighted by atomic mass is 31.2. The van der Waals surface area contributed by atoms with Crippen LogP contribution in [0.15, 0.2) is 0 Å². The van der Waals surface area contributed by atoms with E-state index in [9.17, 15) is 19.4 Å². The third kappa shape index (κ3) is 45.0. The van der Waals surface area contributed by atoms with Gasteiger partial charge in [-0.2, -0.15) is 0 Å². The summed E-state index contributed by atoms with van der Waals surface area (Å²) >= 11 is 0. The molecule has 0 aromatic rings. The standard InChI is InChI=1S/C48H97O9P/c1-3-5-7-9-11-13-15-17-19-20-21-22-23-24-25-26-27-28-30-32-34-36-38-40-48(51)57-47(45-56-58(52,53)55-43-46(50)42-49)44-54-41-39-37-35-33-31-29-18-16-14-12-10-8-6-4-2/h46-47,49-50H,3-45H2,1-2H3,(H,52,53)/t46-,47+/m0/s1. The molecule has 0 aliphatic rings. The minimum Gasteiger partial charge on any atom is -0.457 e.